The minimum Gasteiger partial charge on any atom is -0.281 e. The molecule has 0 atom stereocenters. The lowest BCUT2D eigenvalue weighted by Gasteiger charge is -2.15. The van der Waals surface area contributed by atoms with Crippen LogP contribution < -0.4 is 0 Å². The molecule has 7 nitrogen and oxygen atoms in total. The molecule has 2 aromatic heterocycles. The molecule has 2 aromatic rings. The molecule has 0 aliphatic rings. The largest absolute Gasteiger partial charge is 0.281 e. The van der Waals surface area contributed by atoms with E-state index in [9.17, 15) is 8.42 Å². The van der Waals surface area contributed by atoms with Gasteiger partial charge in [-0.3, -0.25) is 9.78 Å². The summed E-state index contributed by atoms with van der Waals surface area (Å²) in [5, 5.41) is 10.4. The van der Waals surface area contributed by atoms with Gasteiger partial charge < -0.3 is 0 Å². The number of aromatic nitrogens is 4. The van der Waals surface area contributed by atoms with Crippen molar-refractivity contribution < 1.29 is 8.42 Å². The summed E-state index contributed by atoms with van der Waals surface area (Å²) in [5.74, 6) is 0. The van der Waals surface area contributed by atoms with Crippen LogP contribution in [0.25, 0.3) is 0 Å². The first kappa shape index (κ1) is 12.8. The van der Waals surface area contributed by atoms with Gasteiger partial charge in [-0.15, -0.1) is 0 Å². The molecule has 98 valence electrons. The fourth-order valence-corrected chi connectivity index (χ4v) is 2.94. The van der Waals surface area contributed by atoms with Crippen LogP contribution >= 0.6 is 0 Å². The lowest BCUT2D eigenvalue weighted by molar-refractivity contribution is 0.466. The number of nitrogens with zero attached hydrogens (tertiary/aromatic N) is 4. The first-order valence-corrected chi connectivity index (χ1v) is 6.79. The number of sulfonamides is 1. The van der Waals surface area contributed by atoms with E-state index in [1.165, 1.54) is 17.5 Å². The third-order valence-corrected chi connectivity index (χ3v) is 4.55. The zero-order valence-electron chi connectivity index (χ0n) is 10.5. The molecule has 0 amide bonds. The van der Waals surface area contributed by atoms with Crippen molar-refractivity contribution in [3.8, 4) is 0 Å². The van der Waals surface area contributed by atoms with Gasteiger partial charge in [0.1, 0.15) is 4.90 Å². The molecule has 0 aromatic carbocycles. The standard InChI is InChI=1S/C10H15N5O2S/c1-8-10(5-11-13-8)18(16,17)15(3)7-9-4-12-14(2)6-9/h4-6H,7H2,1-3H3,(H,11,13). The van der Waals surface area contributed by atoms with E-state index in [2.05, 4.69) is 15.3 Å². The van der Waals surface area contributed by atoms with Crippen LogP contribution in [0.2, 0.25) is 0 Å². The van der Waals surface area contributed by atoms with Crippen LogP contribution in [-0.2, 0) is 23.6 Å². The molecule has 0 radical (unpaired) electrons. The lowest BCUT2D eigenvalue weighted by Crippen LogP contribution is -2.26. The molecule has 8 heteroatoms. The quantitative estimate of drug-likeness (QED) is 0.863. The summed E-state index contributed by atoms with van der Waals surface area (Å²) < 4.78 is 27.4. The van der Waals surface area contributed by atoms with Crippen LogP contribution in [-0.4, -0.2) is 39.7 Å². The lowest BCUT2D eigenvalue weighted by atomic mass is 10.4. The van der Waals surface area contributed by atoms with E-state index in [1.807, 2.05) is 0 Å². The summed E-state index contributed by atoms with van der Waals surface area (Å²) in [7, 11) is -0.186. The number of rotatable bonds is 4. The highest BCUT2D eigenvalue weighted by Gasteiger charge is 2.24. The summed E-state index contributed by atoms with van der Waals surface area (Å²) >= 11 is 0. The number of hydrogen-bond acceptors (Lipinski definition) is 4. The maximum absolute atomic E-state index is 12.3. The van der Waals surface area contributed by atoms with Gasteiger partial charge in [0.15, 0.2) is 0 Å². The van der Waals surface area contributed by atoms with Crippen molar-refractivity contribution >= 4 is 10.0 Å². The van der Waals surface area contributed by atoms with Gasteiger partial charge in [0.25, 0.3) is 0 Å². The molecule has 0 aliphatic heterocycles. The van der Waals surface area contributed by atoms with Crippen LogP contribution in [0.1, 0.15) is 11.3 Å². The van der Waals surface area contributed by atoms with Crippen molar-refractivity contribution in [3.05, 3.63) is 29.8 Å². The van der Waals surface area contributed by atoms with Crippen LogP contribution in [0.15, 0.2) is 23.5 Å². The molecular weight excluding hydrogens is 254 g/mol. The molecule has 1 N–H and O–H groups in total. The van der Waals surface area contributed by atoms with E-state index in [-0.39, 0.29) is 11.4 Å². The first-order chi connectivity index (χ1) is 8.41. The summed E-state index contributed by atoms with van der Waals surface area (Å²) in [6, 6.07) is 0. The highest BCUT2D eigenvalue weighted by atomic mass is 32.2. The predicted octanol–water partition coefficient (Wildman–Crippen LogP) is 0.272. The maximum Gasteiger partial charge on any atom is 0.246 e. The Kier molecular flexibility index (Phi) is 3.22. The van der Waals surface area contributed by atoms with Crippen LogP contribution in [0.3, 0.4) is 0 Å². The summed E-state index contributed by atoms with van der Waals surface area (Å²) in [5.41, 5.74) is 1.37. The van der Waals surface area contributed by atoms with Crippen LogP contribution in [0.4, 0.5) is 0 Å². The number of hydrogen-bond donors (Lipinski definition) is 1. The van der Waals surface area contributed by atoms with Crippen molar-refractivity contribution in [3.63, 3.8) is 0 Å². The predicted molar refractivity (Wildman–Crippen MR) is 65.2 cm³/mol. The molecule has 0 saturated carbocycles. The second-order valence-corrected chi connectivity index (χ2v) is 6.16. The van der Waals surface area contributed by atoms with Crippen molar-refractivity contribution in [2.75, 3.05) is 7.05 Å². The third kappa shape index (κ3) is 2.29. The molecule has 0 saturated heterocycles. The molecule has 0 fully saturated rings. The first-order valence-electron chi connectivity index (χ1n) is 5.35. The van der Waals surface area contributed by atoms with E-state index in [1.54, 1.807) is 31.0 Å². The van der Waals surface area contributed by atoms with E-state index in [4.69, 9.17) is 0 Å². The summed E-state index contributed by atoms with van der Waals surface area (Å²) in [6.45, 7) is 1.96. The average Bonchev–Trinajstić information content (AvgIpc) is 2.87. The normalized spacial score (nSPS) is 12.2. The Hall–Kier alpha value is -1.67. The second-order valence-electron chi connectivity index (χ2n) is 4.14. The smallest absolute Gasteiger partial charge is 0.246 e. The maximum atomic E-state index is 12.3. The molecule has 18 heavy (non-hydrogen) atoms. The highest BCUT2D eigenvalue weighted by molar-refractivity contribution is 7.89. The zero-order valence-corrected chi connectivity index (χ0v) is 11.3. The van der Waals surface area contributed by atoms with Gasteiger partial charge in [0.05, 0.1) is 18.1 Å². The SMILES string of the molecule is Cc1[nH]ncc1S(=O)(=O)N(C)Cc1cnn(C)c1. The number of H-pyrrole nitrogens is 1. The molecule has 0 unspecified atom stereocenters. The number of nitrogens with one attached hydrogen (secondary N) is 1. The van der Waals surface area contributed by atoms with E-state index >= 15 is 0 Å². The van der Waals surface area contributed by atoms with Crippen molar-refractivity contribution in [1.82, 2.24) is 24.3 Å². The Morgan fingerprint density at radius 1 is 1.44 bits per heavy atom. The van der Waals surface area contributed by atoms with Crippen LogP contribution in [0.5, 0.6) is 0 Å². The van der Waals surface area contributed by atoms with Gasteiger partial charge in [-0.25, -0.2) is 8.42 Å². The Balaban J connectivity index is 2.23. The monoisotopic (exact) mass is 269 g/mol. The van der Waals surface area contributed by atoms with Crippen LogP contribution in [0, 0.1) is 6.92 Å². The van der Waals surface area contributed by atoms with Crippen molar-refractivity contribution in [2.24, 2.45) is 7.05 Å². The Bertz CT molecular complexity index is 643. The fourth-order valence-electron chi connectivity index (χ4n) is 1.66. The molecule has 0 spiro atoms. The van der Waals surface area contributed by atoms with Crippen molar-refractivity contribution in [2.45, 2.75) is 18.4 Å². The Labute approximate surface area is 105 Å². The van der Waals surface area contributed by atoms with Gasteiger partial charge in [-0.2, -0.15) is 14.5 Å². The number of aromatic amines is 1. The minimum absolute atomic E-state index is 0.203. The Morgan fingerprint density at radius 3 is 2.67 bits per heavy atom. The average molecular weight is 269 g/mol. The minimum atomic E-state index is -3.51. The molecular formula is C10H15N5O2S. The van der Waals surface area contributed by atoms with E-state index in [0.717, 1.165) is 5.56 Å². The molecule has 0 bridgehead atoms. The third-order valence-electron chi connectivity index (χ3n) is 2.64. The van der Waals surface area contributed by atoms with Gasteiger partial charge in [-0.05, 0) is 6.92 Å². The van der Waals surface area contributed by atoms with E-state index in [0.29, 0.717) is 5.69 Å². The molecule has 2 heterocycles. The van der Waals surface area contributed by atoms with Gasteiger partial charge >= 0.3 is 0 Å². The topological polar surface area (TPSA) is 83.9 Å². The van der Waals surface area contributed by atoms with Gasteiger partial charge in [-0.1, -0.05) is 0 Å². The van der Waals surface area contributed by atoms with Gasteiger partial charge in [0, 0.05) is 32.4 Å². The fraction of sp³-hybridized carbons (Fsp3) is 0.400. The number of aryl methyl sites for hydroxylation is 2. The zero-order chi connectivity index (χ0) is 13.3. The summed E-state index contributed by atoms with van der Waals surface area (Å²) in [6.07, 6.45) is 4.76. The van der Waals surface area contributed by atoms with E-state index < -0.39 is 10.0 Å². The Morgan fingerprint density at radius 2 is 2.17 bits per heavy atom. The second kappa shape index (κ2) is 4.54. The highest BCUT2D eigenvalue weighted by Crippen LogP contribution is 2.18. The molecule has 2 rings (SSSR count). The van der Waals surface area contributed by atoms with Gasteiger partial charge in [0.2, 0.25) is 10.0 Å². The molecule has 0 aliphatic carbocycles. The van der Waals surface area contributed by atoms with Crippen molar-refractivity contribution in [1.29, 1.82) is 0 Å². The summed E-state index contributed by atoms with van der Waals surface area (Å²) in [4.78, 5) is 0.203.